The third-order valence-electron chi connectivity index (χ3n) is 12.7. The van der Waals surface area contributed by atoms with Gasteiger partial charge in [0.1, 0.15) is 57.9 Å². The molecule has 8 rings (SSSR count). The zero-order valence-corrected chi connectivity index (χ0v) is 47.5. The summed E-state index contributed by atoms with van der Waals surface area (Å²) in [5, 5.41) is 12.7. The molecule has 2 aliphatic rings. The van der Waals surface area contributed by atoms with E-state index in [1.807, 2.05) is 36.4 Å². The molecule has 2 aliphatic heterocycles. The fourth-order valence-electron chi connectivity index (χ4n) is 9.23. The van der Waals surface area contributed by atoms with Crippen molar-refractivity contribution in [2.75, 3.05) is 48.6 Å². The third kappa shape index (κ3) is 13.4. The summed E-state index contributed by atoms with van der Waals surface area (Å²) in [6, 6.07) is 12.8. The van der Waals surface area contributed by atoms with Crippen LogP contribution in [0, 0.1) is 11.8 Å². The number of carbonyl (C=O) groups is 4. The van der Waals surface area contributed by atoms with Crippen LogP contribution in [0.15, 0.2) is 60.9 Å². The fraction of sp³-hybridized carbons (Fsp3) is 0.418. The van der Waals surface area contributed by atoms with Crippen LogP contribution >= 0.6 is 46.4 Å². The van der Waals surface area contributed by atoms with Gasteiger partial charge in [-0.15, -0.1) is 0 Å². The maximum atomic E-state index is 12.8. The van der Waals surface area contributed by atoms with Crippen molar-refractivity contribution < 1.29 is 57.4 Å². The first-order chi connectivity index (χ1) is 36.4. The van der Waals surface area contributed by atoms with Gasteiger partial charge in [0.05, 0.1) is 66.7 Å². The normalized spacial score (nSPS) is 17.4. The number of likely N-dealkylation sites (tertiary alicyclic amines) is 2. The number of esters is 1. The third-order valence-corrected chi connectivity index (χ3v) is 14.2. The molecule has 410 valence electrons. The summed E-state index contributed by atoms with van der Waals surface area (Å²) in [4.78, 5) is 70.8. The molecular formula is C55H60Cl4N6O12. The minimum atomic E-state index is -1.06. The van der Waals surface area contributed by atoms with Crippen LogP contribution in [0.5, 0.6) is 23.0 Å². The number of halogens is 4. The van der Waals surface area contributed by atoms with E-state index in [1.54, 1.807) is 66.1 Å². The summed E-state index contributed by atoms with van der Waals surface area (Å²) >= 11 is 26.3. The molecule has 77 heavy (non-hydrogen) atoms. The van der Waals surface area contributed by atoms with E-state index in [2.05, 4.69) is 15.0 Å². The Morgan fingerprint density at radius 1 is 0.571 bits per heavy atom. The number of aromatic nitrogens is 4. The van der Waals surface area contributed by atoms with Crippen LogP contribution in [0.25, 0.3) is 44.1 Å². The van der Waals surface area contributed by atoms with Crippen LogP contribution in [0.4, 0.5) is 9.59 Å². The molecule has 4 atom stereocenters. The van der Waals surface area contributed by atoms with Crippen molar-refractivity contribution in [1.82, 2.24) is 29.7 Å². The van der Waals surface area contributed by atoms with Gasteiger partial charge >= 0.3 is 24.1 Å². The zero-order chi connectivity index (χ0) is 56.3. The molecule has 18 nitrogen and oxygen atoms in total. The number of aliphatic carboxylic acids is 1. The second-order valence-electron chi connectivity index (χ2n) is 20.5. The van der Waals surface area contributed by atoms with Crippen LogP contribution in [0.1, 0.15) is 66.0 Å². The number of carbonyl (C=O) groups excluding carboxylic acids is 3. The predicted molar refractivity (Wildman–Crippen MR) is 293 cm³/mol. The lowest BCUT2D eigenvalue weighted by Gasteiger charge is -2.27. The molecule has 1 N–H and O–H groups in total. The lowest BCUT2D eigenvalue weighted by Crippen LogP contribution is -2.43. The summed E-state index contributed by atoms with van der Waals surface area (Å²) in [5.74, 6) is 1.24. The number of amides is 2. The maximum absolute atomic E-state index is 12.8. The van der Waals surface area contributed by atoms with E-state index in [0.29, 0.717) is 104 Å². The Hall–Kier alpha value is -6.60. The average Bonchev–Trinajstić information content (AvgIpc) is 4.01. The van der Waals surface area contributed by atoms with Gasteiger partial charge in [-0.1, -0.05) is 58.5 Å². The Morgan fingerprint density at radius 2 is 0.935 bits per heavy atom. The highest BCUT2D eigenvalue weighted by Gasteiger charge is 2.43. The van der Waals surface area contributed by atoms with E-state index in [-0.39, 0.29) is 18.4 Å². The SMILES string of the molecule is COC(=O)[C@@H]1C[C@H](Cc2ncc3cc(-c4c(Cl)c(OC)cc(OC)c4Cl)ccc3n2)CN1C(=O)OC(C)(C)C.COc1cc(OC)c(Cl)c(-c2ccc3nc(C[C@H]4C[C@@H](C(=O)O)N(C(=O)OC(C)(C)C)C4)ncc3c2)c1Cl. The number of methoxy groups -OCH3 is 5. The number of fused-ring (bicyclic) bond motifs is 2. The van der Waals surface area contributed by atoms with Crippen LogP contribution in [0.3, 0.4) is 0 Å². The van der Waals surface area contributed by atoms with Crippen LogP contribution in [-0.4, -0.2) is 131 Å². The number of rotatable bonds is 12. The smallest absolute Gasteiger partial charge is 0.411 e. The molecule has 2 fully saturated rings. The predicted octanol–water partition coefficient (Wildman–Crippen LogP) is 11.8. The van der Waals surface area contributed by atoms with Crippen LogP contribution in [0.2, 0.25) is 20.1 Å². The first kappa shape index (κ1) is 58.1. The second kappa shape index (κ2) is 24.0. The van der Waals surface area contributed by atoms with Gasteiger partial charge in [0.25, 0.3) is 0 Å². The number of benzene rings is 4. The van der Waals surface area contributed by atoms with Crippen LogP contribution < -0.4 is 18.9 Å². The molecule has 2 saturated heterocycles. The van der Waals surface area contributed by atoms with E-state index in [9.17, 15) is 24.3 Å². The van der Waals surface area contributed by atoms with E-state index < -0.39 is 47.4 Å². The Labute approximate surface area is 466 Å². The first-order valence-electron chi connectivity index (χ1n) is 24.4. The van der Waals surface area contributed by atoms with Gasteiger partial charge in [-0.25, -0.2) is 39.1 Å². The number of carboxylic acid groups (broad SMARTS) is 1. The van der Waals surface area contributed by atoms with Gasteiger partial charge in [-0.2, -0.15) is 0 Å². The zero-order valence-electron chi connectivity index (χ0n) is 44.5. The highest BCUT2D eigenvalue weighted by molar-refractivity contribution is 6.42. The summed E-state index contributed by atoms with van der Waals surface area (Å²) in [7, 11) is 7.40. The molecule has 22 heteroatoms. The molecule has 4 aromatic carbocycles. The van der Waals surface area contributed by atoms with E-state index >= 15 is 0 Å². The van der Waals surface area contributed by atoms with Gasteiger partial charge in [0.15, 0.2) is 0 Å². The topological polar surface area (TPSA) is 211 Å². The molecule has 4 heterocycles. The largest absolute Gasteiger partial charge is 0.495 e. The number of hydrogen-bond acceptors (Lipinski definition) is 15. The number of carboxylic acids is 1. The van der Waals surface area contributed by atoms with Crippen molar-refractivity contribution in [1.29, 1.82) is 0 Å². The summed E-state index contributed by atoms with van der Waals surface area (Å²) < 4.78 is 37.4. The highest BCUT2D eigenvalue weighted by Crippen LogP contribution is 2.48. The minimum absolute atomic E-state index is 0.0415. The van der Waals surface area contributed by atoms with Crippen molar-refractivity contribution in [2.45, 2.75) is 90.5 Å². The monoisotopic (exact) mass is 1140 g/mol. The molecule has 0 spiro atoms. The van der Waals surface area contributed by atoms with Crippen molar-refractivity contribution in [3.8, 4) is 45.3 Å². The minimum Gasteiger partial charge on any atom is -0.495 e. The number of nitrogens with zero attached hydrogens (tertiary/aromatic N) is 6. The number of hydrogen-bond donors (Lipinski definition) is 1. The lowest BCUT2D eigenvalue weighted by atomic mass is 10.0. The molecular weight excluding hydrogens is 1080 g/mol. The van der Waals surface area contributed by atoms with E-state index in [1.165, 1.54) is 45.3 Å². The Bertz CT molecular complexity index is 3170. The Balaban J connectivity index is 0.000000224. The van der Waals surface area contributed by atoms with Gasteiger partial charge in [0.2, 0.25) is 0 Å². The second-order valence-corrected chi connectivity index (χ2v) is 22.0. The lowest BCUT2D eigenvalue weighted by molar-refractivity contribution is -0.145. The Morgan fingerprint density at radius 3 is 1.27 bits per heavy atom. The van der Waals surface area contributed by atoms with Gasteiger partial charge in [-0.05, 0) is 102 Å². The number of ether oxygens (including phenoxy) is 7. The molecule has 2 aromatic heterocycles. The first-order valence-corrected chi connectivity index (χ1v) is 25.9. The van der Waals surface area contributed by atoms with Crippen molar-refractivity contribution >= 4 is 92.3 Å². The van der Waals surface area contributed by atoms with Gasteiger partial charge in [-0.3, -0.25) is 9.80 Å². The highest BCUT2D eigenvalue weighted by atomic mass is 35.5. The van der Waals surface area contributed by atoms with E-state index in [0.717, 1.165) is 27.4 Å². The molecule has 6 aromatic rings. The summed E-state index contributed by atoms with van der Waals surface area (Å²) in [6.45, 7) is 11.2. The quantitative estimate of drug-likeness (QED) is 0.0892. The molecule has 0 bridgehead atoms. The average molecular weight is 1140 g/mol. The van der Waals surface area contributed by atoms with Crippen molar-refractivity contribution in [2.24, 2.45) is 11.8 Å². The van der Waals surface area contributed by atoms with Gasteiger partial charge in [0, 0.05) is 72.4 Å². The van der Waals surface area contributed by atoms with E-state index in [4.69, 9.17) is 84.5 Å². The van der Waals surface area contributed by atoms with Crippen LogP contribution in [-0.2, 0) is 36.6 Å². The molecule has 0 unspecified atom stereocenters. The Kier molecular flexibility index (Phi) is 18.1. The summed E-state index contributed by atoms with van der Waals surface area (Å²) in [6.07, 6.45) is 3.89. The molecule has 0 radical (unpaired) electrons. The molecule has 0 saturated carbocycles. The fourth-order valence-corrected chi connectivity index (χ4v) is 10.7. The van der Waals surface area contributed by atoms with Crippen molar-refractivity contribution in [3.05, 3.63) is 92.7 Å². The standard InChI is InChI=1S/C28H31Cl2N3O6.C27H29Cl2N3O6/c1-28(2,3)39-27(35)33-14-15(9-19(33)26(34)38-6)10-22-31-13-17-11-16(7-8-18(17)32-22)23-24(29)20(36-4)12-21(37-5)25(23)30;1-27(2,3)38-26(35)32-13-14(8-18(32)25(33)34)9-21-30-12-16-10-15(6-7-17(16)31-21)22-23(28)19(36-4)11-20(37-5)24(22)29/h7-8,11-13,15,19H,9-10,14H2,1-6H3;6-7,10-12,14,18H,8-9,13H2,1-5H3,(H,33,34)/t15-,19+;14-,18+/m11/s1. The summed E-state index contributed by atoms with van der Waals surface area (Å²) in [5.41, 5.74) is 2.70. The molecule has 2 amide bonds. The molecule has 0 aliphatic carbocycles. The van der Waals surface area contributed by atoms with Gasteiger partial charge < -0.3 is 38.3 Å². The van der Waals surface area contributed by atoms with Crippen molar-refractivity contribution in [3.63, 3.8) is 0 Å². The maximum Gasteiger partial charge on any atom is 0.411 e.